The Kier molecular flexibility index (Phi) is 7.90. The maximum atomic E-state index is 2.55. The highest BCUT2D eigenvalue weighted by atomic mass is 15.2. The summed E-state index contributed by atoms with van der Waals surface area (Å²) in [5, 5.41) is 2.48. The number of nitrogens with zero attached hydrogens (tertiary/aromatic N) is 2. The molecule has 0 bridgehead atoms. The number of rotatable bonds is 6. The lowest BCUT2D eigenvalue weighted by Crippen LogP contribution is -2.28. The van der Waals surface area contributed by atoms with Crippen molar-refractivity contribution in [1.29, 1.82) is 0 Å². The Morgan fingerprint density at radius 2 is 0.781 bits per heavy atom. The highest BCUT2D eigenvalue weighted by Gasteiger charge is 2.54. The standard InChI is InChI=1S/C62H44N2/c1-61(2)53-31-17-14-29-49(53)52-39-45(35-37-54(52)61)64(44-25-10-5-11-26-44)58-38-41-20-12-13-27-47(41)59-51-30-16-19-33-56(51)62(60(58)59)55-32-18-15-28-48(55)50-36-34-46(40-57(50)62)63(42-21-6-3-7-22-42)43-23-8-4-9-24-43/h3-40H,1-2H3. The fraction of sp³-hybridized carbons (Fsp3) is 0.0645. The Labute approximate surface area is 375 Å². The quantitative estimate of drug-likeness (QED) is 0.165. The topological polar surface area (TPSA) is 6.48 Å². The first-order valence-electron chi connectivity index (χ1n) is 22.4. The summed E-state index contributed by atoms with van der Waals surface area (Å²) in [6, 6.07) is 85.9. The van der Waals surface area contributed by atoms with Crippen LogP contribution in [0.3, 0.4) is 0 Å². The third-order valence-corrected chi connectivity index (χ3v) is 14.4. The number of hydrogen-bond donors (Lipinski definition) is 0. The molecular formula is C62H44N2. The zero-order valence-electron chi connectivity index (χ0n) is 35.8. The SMILES string of the molecule is CC1(C)c2ccccc2-c2cc(N(c3ccccc3)c3cc4ccccc4c4c3C3(c5ccccc5-c5ccc(N(c6ccccc6)c6ccccc6)cc53)c3ccccc3-4)ccc21. The lowest BCUT2D eigenvalue weighted by molar-refractivity contribution is 0.660. The van der Waals surface area contributed by atoms with Crippen molar-refractivity contribution in [2.45, 2.75) is 24.7 Å². The Morgan fingerprint density at radius 1 is 0.312 bits per heavy atom. The van der Waals surface area contributed by atoms with E-state index in [2.05, 4.69) is 254 Å². The molecule has 0 fully saturated rings. The molecule has 3 aliphatic rings. The fourth-order valence-corrected chi connectivity index (χ4v) is 11.8. The molecule has 2 nitrogen and oxygen atoms in total. The van der Waals surface area contributed by atoms with Gasteiger partial charge >= 0.3 is 0 Å². The maximum absolute atomic E-state index is 2.55. The molecule has 1 unspecified atom stereocenters. The molecule has 302 valence electrons. The van der Waals surface area contributed by atoms with E-state index >= 15 is 0 Å². The molecule has 10 aromatic rings. The van der Waals surface area contributed by atoms with Gasteiger partial charge in [-0.3, -0.25) is 0 Å². The first kappa shape index (κ1) is 36.7. The maximum Gasteiger partial charge on any atom is 0.0747 e. The molecule has 0 heterocycles. The number of para-hydroxylation sites is 3. The van der Waals surface area contributed by atoms with Gasteiger partial charge in [0.1, 0.15) is 0 Å². The summed E-state index contributed by atoms with van der Waals surface area (Å²) < 4.78 is 0. The average Bonchev–Trinajstić information content (AvgIpc) is 3.91. The van der Waals surface area contributed by atoms with Crippen molar-refractivity contribution in [2.24, 2.45) is 0 Å². The molecule has 3 aliphatic carbocycles. The largest absolute Gasteiger partial charge is 0.310 e. The van der Waals surface area contributed by atoms with Gasteiger partial charge in [0.15, 0.2) is 0 Å². The van der Waals surface area contributed by atoms with Crippen LogP contribution in [0.5, 0.6) is 0 Å². The van der Waals surface area contributed by atoms with E-state index in [1.165, 1.54) is 83.2 Å². The average molecular weight is 817 g/mol. The zero-order chi connectivity index (χ0) is 42.6. The molecule has 1 atom stereocenters. The Morgan fingerprint density at radius 3 is 1.45 bits per heavy atom. The third kappa shape index (κ3) is 5.02. The third-order valence-electron chi connectivity index (χ3n) is 14.4. The predicted octanol–water partition coefficient (Wildman–Crippen LogP) is 16.4. The van der Waals surface area contributed by atoms with Crippen LogP contribution in [0.4, 0.5) is 34.1 Å². The van der Waals surface area contributed by atoms with Crippen LogP contribution in [0.15, 0.2) is 231 Å². The van der Waals surface area contributed by atoms with Gasteiger partial charge in [0, 0.05) is 39.4 Å². The first-order chi connectivity index (χ1) is 31.5. The number of benzene rings is 10. The minimum absolute atomic E-state index is 0.0969. The van der Waals surface area contributed by atoms with Crippen LogP contribution in [0, 0.1) is 0 Å². The van der Waals surface area contributed by atoms with E-state index in [0.717, 1.165) is 28.4 Å². The Balaban J connectivity index is 1.16. The first-order valence-corrected chi connectivity index (χ1v) is 22.4. The molecule has 0 N–H and O–H groups in total. The normalized spacial score (nSPS) is 15.5. The highest BCUT2D eigenvalue weighted by Crippen LogP contribution is 2.67. The summed E-state index contributed by atoms with van der Waals surface area (Å²) in [4.78, 5) is 4.96. The molecule has 0 aromatic heterocycles. The second-order valence-electron chi connectivity index (χ2n) is 18.0. The van der Waals surface area contributed by atoms with Crippen LogP contribution in [0.1, 0.15) is 47.2 Å². The van der Waals surface area contributed by atoms with Crippen LogP contribution in [0.25, 0.3) is 44.2 Å². The number of anilines is 6. The Bertz CT molecular complexity index is 3440. The monoisotopic (exact) mass is 816 g/mol. The molecule has 13 rings (SSSR count). The van der Waals surface area contributed by atoms with Crippen LogP contribution >= 0.6 is 0 Å². The van der Waals surface area contributed by atoms with Crippen molar-refractivity contribution in [3.8, 4) is 33.4 Å². The van der Waals surface area contributed by atoms with E-state index in [1.807, 2.05) is 0 Å². The van der Waals surface area contributed by atoms with E-state index in [-0.39, 0.29) is 5.41 Å². The lowest BCUT2D eigenvalue weighted by atomic mass is 9.69. The van der Waals surface area contributed by atoms with Crippen LogP contribution in [0.2, 0.25) is 0 Å². The molecule has 2 heteroatoms. The van der Waals surface area contributed by atoms with Crippen molar-refractivity contribution in [1.82, 2.24) is 0 Å². The molecular weight excluding hydrogens is 773 g/mol. The minimum Gasteiger partial charge on any atom is -0.310 e. The fourth-order valence-electron chi connectivity index (χ4n) is 11.8. The van der Waals surface area contributed by atoms with Crippen LogP contribution in [-0.2, 0) is 10.8 Å². The lowest BCUT2D eigenvalue weighted by Gasteiger charge is -2.37. The summed E-state index contributed by atoms with van der Waals surface area (Å²) in [6.45, 7) is 4.73. The highest BCUT2D eigenvalue weighted by molar-refractivity contribution is 6.11. The van der Waals surface area contributed by atoms with Crippen molar-refractivity contribution >= 4 is 44.9 Å². The van der Waals surface area contributed by atoms with Gasteiger partial charge in [-0.25, -0.2) is 0 Å². The second kappa shape index (κ2) is 13.8. The summed E-state index contributed by atoms with van der Waals surface area (Å²) in [7, 11) is 0. The zero-order valence-corrected chi connectivity index (χ0v) is 35.8. The van der Waals surface area contributed by atoms with E-state index in [4.69, 9.17) is 0 Å². The summed E-state index contributed by atoms with van der Waals surface area (Å²) in [6.07, 6.45) is 0. The van der Waals surface area contributed by atoms with Crippen LogP contribution < -0.4 is 9.80 Å². The molecule has 10 aromatic carbocycles. The van der Waals surface area contributed by atoms with Gasteiger partial charge in [-0.1, -0.05) is 178 Å². The summed E-state index contributed by atoms with van der Waals surface area (Å²) in [5.41, 5.74) is 21.8. The molecule has 0 amide bonds. The van der Waals surface area contributed by atoms with E-state index in [1.54, 1.807) is 0 Å². The van der Waals surface area contributed by atoms with Crippen molar-refractivity contribution < 1.29 is 0 Å². The molecule has 0 aliphatic heterocycles. The minimum atomic E-state index is -0.648. The van der Waals surface area contributed by atoms with E-state index in [9.17, 15) is 0 Å². The number of fused-ring (bicyclic) bond motifs is 15. The Hall–Kier alpha value is -7.94. The van der Waals surface area contributed by atoms with Crippen molar-refractivity contribution in [2.75, 3.05) is 9.80 Å². The van der Waals surface area contributed by atoms with E-state index in [0.29, 0.717) is 0 Å². The van der Waals surface area contributed by atoms with Crippen molar-refractivity contribution in [3.63, 3.8) is 0 Å². The molecule has 1 spiro atoms. The molecule has 0 saturated carbocycles. The summed E-state index contributed by atoms with van der Waals surface area (Å²) >= 11 is 0. The summed E-state index contributed by atoms with van der Waals surface area (Å²) in [5.74, 6) is 0. The molecule has 0 radical (unpaired) electrons. The van der Waals surface area contributed by atoms with Crippen molar-refractivity contribution in [3.05, 3.63) is 264 Å². The predicted molar refractivity (Wildman–Crippen MR) is 267 cm³/mol. The van der Waals surface area contributed by atoms with Gasteiger partial charge in [0.05, 0.1) is 11.1 Å². The number of hydrogen-bond acceptors (Lipinski definition) is 2. The smallest absolute Gasteiger partial charge is 0.0747 e. The van der Waals surface area contributed by atoms with Gasteiger partial charge in [-0.05, 0) is 139 Å². The second-order valence-corrected chi connectivity index (χ2v) is 18.0. The molecule has 64 heavy (non-hydrogen) atoms. The van der Waals surface area contributed by atoms with Gasteiger partial charge < -0.3 is 9.80 Å². The van der Waals surface area contributed by atoms with Gasteiger partial charge in [-0.2, -0.15) is 0 Å². The van der Waals surface area contributed by atoms with Crippen LogP contribution in [-0.4, -0.2) is 0 Å². The van der Waals surface area contributed by atoms with Gasteiger partial charge in [-0.15, -0.1) is 0 Å². The van der Waals surface area contributed by atoms with E-state index < -0.39 is 5.41 Å². The van der Waals surface area contributed by atoms with Gasteiger partial charge in [0.2, 0.25) is 0 Å². The van der Waals surface area contributed by atoms with Gasteiger partial charge in [0.25, 0.3) is 0 Å². The molecule has 0 saturated heterocycles.